The molecule has 0 radical (unpaired) electrons. The highest BCUT2D eigenvalue weighted by Crippen LogP contribution is 2.35. The number of rotatable bonds is 6. The van der Waals surface area contributed by atoms with Crippen LogP contribution in [0.5, 0.6) is 11.5 Å². The molecule has 3 amide bonds. The number of amides is 3. The molecule has 4 rings (SSSR count). The molecule has 0 unspecified atom stereocenters. The maximum absolute atomic E-state index is 12.4. The van der Waals surface area contributed by atoms with E-state index in [1.54, 1.807) is 24.3 Å². The lowest BCUT2D eigenvalue weighted by atomic mass is 10.1. The Morgan fingerprint density at radius 3 is 2.55 bits per heavy atom. The van der Waals surface area contributed by atoms with Crippen molar-refractivity contribution in [2.24, 2.45) is 0 Å². The molecule has 0 aromatic heterocycles. The lowest BCUT2D eigenvalue weighted by Gasteiger charge is -2.16. The topological polar surface area (TPSA) is 84.9 Å². The standard InChI is InChI=1S/C22H22N2O5/c1-3-28-18-9-14-8-13(2)29-19(14)10-15(18)11-23-20(25)12-24-21(26)16-6-4-5-7-17(16)22(24)27/h4-7,9-10,13H,3,8,11-12H2,1-2H3,(H,23,25)/t13-/m1/s1. The van der Waals surface area contributed by atoms with E-state index in [1.165, 1.54) is 0 Å². The molecule has 7 heteroatoms. The number of fused-ring (bicyclic) bond motifs is 2. The molecule has 1 atom stereocenters. The van der Waals surface area contributed by atoms with E-state index in [0.29, 0.717) is 23.5 Å². The number of carbonyl (C=O) groups excluding carboxylic acids is 3. The van der Waals surface area contributed by atoms with Gasteiger partial charge in [0, 0.05) is 24.1 Å². The van der Waals surface area contributed by atoms with E-state index in [1.807, 2.05) is 26.0 Å². The van der Waals surface area contributed by atoms with Gasteiger partial charge in [0.25, 0.3) is 11.8 Å². The van der Waals surface area contributed by atoms with Crippen molar-refractivity contribution in [2.45, 2.75) is 32.9 Å². The summed E-state index contributed by atoms with van der Waals surface area (Å²) in [5.74, 6) is 0.179. The van der Waals surface area contributed by atoms with E-state index in [-0.39, 0.29) is 19.2 Å². The molecule has 29 heavy (non-hydrogen) atoms. The second kappa shape index (κ2) is 7.58. The van der Waals surface area contributed by atoms with Gasteiger partial charge >= 0.3 is 0 Å². The Hall–Kier alpha value is -3.35. The fourth-order valence-electron chi connectivity index (χ4n) is 3.69. The minimum absolute atomic E-state index is 0.109. The number of hydrogen-bond acceptors (Lipinski definition) is 5. The normalized spacial score (nSPS) is 17.0. The highest BCUT2D eigenvalue weighted by molar-refractivity contribution is 6.22. The number of benzene rings is 2. The Kier molecular flexibility index (Phi) is 4.96. The molecule has 0 saturated carbocycles. The van der Waals surface area contributed by atoms with Crippen molar-refractivity contribution in [1.29, 1.82) is 0 Å². The number of nitrogens with zero attached hydrogens (tertiary/aromatic N) is 1. The first-order valence-electron chi connectivity index (χ1n) is 9.65. The molecular formula is C22H22N2O5. The van der Waals surface area contributed by atoms with Gasteiger partial charge in [-0.25, -0.2) is 0 Å². The van der Waals surface area contributed by atoms with Crippen LogP contribution >= 0.6 is 0 Å². The van der Waals surface area contributed by atoms with Crippen LogP contribution in [0.4, 0.5) is 0 Å². The van der Waals surface area contributed by atoms with E-state index in [0.717, 1.165) is 28.2 Å². The minimum atomic E-state index is -0.448. The highest BCUT2D eigenvalue weighted by atomic mass is 16.5. The van der Waals surface area contributed by atoms with Crippen LogP contribution in [-0.4, -0.2) is 41.9 Å². The fourth-order valence-corrected chi connectivity index (χ4v) is 3.69. The third-order valence-corrected chi connectivity index (χ3v) is 5.03. The average molecular weight is 394 g/mol. The summed E-state index contributed by atoms with van der Waals surface area (Å²) in [6.45, 7) is 4.29. The number of carbonyl (C=O) groups is 3. The predicted molar refractivity (Wildman–Crippen MR) is 105 cm³/mol. The van der Waals surface area contributed by atoms with Crippen molar-refractivity contribution in [3.63, 3.8) is 0 Å². The van der Waals surface area contributed by atoms with E-state index >= 15 is 0 Å². The third kappa shape index (κ3) is 3.55. The molecule has 0 bridgehead atoms. The summed E-state index contributed by atoms with van der Waals surface area (Å²) >= 11 is 0. The molecule has 2 heterocycles. The zero-order valence-electron chi connectivity index (χ0n) is 16.4. The number of hydrogen-bond donors (Lipinski definition) is 1. The van der Waals surface area contributed by atoms with Crippen LogP contribution in [-0.2, 0) is 17.8 Å². The molecule has 7 nitrogen and oxygen atoms in total. The van der Waals surface area contributed by atoms with Crippen LogP contribution in [0.1, 0.15) is 45.7 Å². The smallest absolute Gasteiger partial charge is 0.262 e. The SMILES string of the molecule is CCOc1cc2c(cc1CNC(=O)CN1C(=O)c3ccccc3C1=O)O[C@H](C)C2. The molecule has 0 saturated heterocycles. The summed E-state index contributed by atoms with van der Waals surface area (Å²) in [6.07, 6.45) is 0.931. The summed E-state index contributed by atoms with van der Waals surface area (Å²) < 4.78 is 11.5. The molecule has 0 spiro atoms. The second-order valence-corrected chi connectivity index (χ2v) is 7.15. The third-order valence-electron chi connectivity index (χ3n) is 5.03. The van der Waals surface area contributed by atoms with Gasteiger partial charge in [-0.2, -0.15) is 0 Å². The predicted octanol–water partition coefficient (Wildman–Crippen LogP) is 2.32. The highest BCUT2D eigenvalue weighted by Gasteiger charge is 2.36. The van der Waals surface area contributed by atoms with E-state index < -0.39 is 17.7 Å². The lowest BCUT2D eigenvalue weighted by molar-refractivity contribution is -0.121. The monoisotopic (exact) mass is 394 g/mol. The zero-order chi connectivity index (χ0) is 20.5. The minimum Gasteiger partial charge on any atom is -0.494 e. The average Bonchev–Trinajstić information content (AvgIpc) is 3.18. The molecule has 0 aliphatic carbocycles. The van der Waals surface area contributed by atoms with E-state index in [4.69, 9.17) is 9.47 Å². The summed E-state index contributed by atoms with van der Waals surface area (Å²) in [6, 6.07) is 10.4. The first-order chi connectivity index (χ1) is 14.0. The van der Waals surface area contributed by atoms with Crippen molar-refractivity contribution in [2.75, 3.05) is 13.2 Å². The van der Waals surface area contributed by atoms with Gasteiger partial charge in [0.05, 0.1) is 17.7 Å². The number of ether oxygens (including phenoxy) is 2. The Morgan fingerprint density at radius 1 is 1.21 bits per heavy atom. The van der Waals surface area contributed by atoms with E-state index in [2.05, 4.69) is 5.32 Å². The summed E-state index contributed by atoms with van der Waals surface area (Å²) in [5, 5.41) is 2.77. The van der Waals surface area contributed by atoms with Crippen LogP contribution < -0.4 is 14.8 Å². The molecule has 2 aromatic rings. The van der Waals surface area contributed by atoms with Crippen molar-refractivity contribution < 1.29 is 23.9 Å². The number of nitrogens with one attached hydrogen (secondary N) is 1. The van der Waals surface area contributed by atoms with Gasteiger partial charge in [-0.3, -0.25) is 19.3 Å². The van der Waals surface area contributed by atoms with Crippen molar-refractivity contribution in [1.82, 2.24) is 10.2 Å². The van der Waals surface area contributed by atoms with Crippen molar-refractivity contribution in [3.05, 3.63) is 58.7 Å². The molecule has 2 aliphatic heterocycles. The van der Waals surface area contributed by atoms with Crippen LogP contribution in [0.15, 0.2) is 36.4 Å². The van der Waals surface area contributed by atoms with Crippen LogP contribution in [0.2, 0.25) is 0 Å². The van der Waals surface area contributed by atoms with Crippen LogP contribution in [0.3, 0.4) is 0 Å². The van der Waals surface area contributed by atoms with Gasteiger partial charge < -0.3 is 14.8 Å². The Morgan fingerprint density at radius 2 is 1.90 bits per heavy atom. The van der Waals surface area contributed by atoms with Gasteiger partial charge in [0.1, 0.15) is 24.1 Å². The first-order valence-corrected chi connectivity index (χ1v) is 9.65. The molecular weight excluding hydrogens is 372 g/mol. The maximum Gasteiger partial charge on any atom is 0.262 e. The number of imide groups is 1. The molecule has 150 valence electrons. The van der Waals surface area contributed by atoms with Gasteiger partial charge in [-0.05, 0) is 38.1 Å². The Balaban J connectivity index is 1.44. The summed E-state index contributed by atoms with van der Waals surface area (Å²) in [5.41, 5.74) is 2.53. The van der Waals surface area contributed by atoms with Gasteiger partial charge in [0.15, 0.2) is 0 Å². The second-order valence-electron chi connectivity index (χ2n) is 7.15. The summed E-state index contributed by atoms with van der Waals surface area (Å²) in [7, 11) is 0. The summed E-state index contributed by atoms with van der Waals surface area (Å²) in [4.78, 5) is 38.2. The lowest BCUT2D eigenvalue weighted by Crippen LogP contribution is -2.40. The fraction of sp³-hybridized carbons (Fsp3) is 0.318. The molecule has 2 aliphatic rings. The molecule has 2 aromatic carbocycles. The van der Waals surface area contributed by atoms with Crippen molar-refractivity contribution in [3.8, 4) is 11.5 Å². The van der Waals surface area contributed by atoms with Crippen molar-refractivity contribution >= 4 is 17.7 Å². The Bertz CT molecular complexity index is 966. The first kappa shape index (κ1) is 19.0. The quantitative estimate of drug-likeness (QED) is 0.760. The largest absolute Gasteiger partial charge is 0.494 e. The molecule has 0 fully saturated rings. The van der Waals surface area contributed by atoms with Gasteiger partial charge in [-0.15, -0.1) is 0 Å². The zero-order valence-corrected chi connectivity index (χ0v) is 16.4. The van der Waals surface area contributed by atoms with Gasteiger partial charge in [-0.1, -0.05) is 12.1 Å². The molecule has 1 N–H and O–H groups in total. The van der Waals surface area contributed by atoms with Crippen LogP contribution in [0.25, 0.3) is 0 Å². The maximum atomic E-state index is 12.4. The Labute approximate surface area is 168 Å². The van der Waals surface area contributed by atoms with Gasteiger partial charge in [0.2, 0.25) is 5.91 Å². The van der Waals surface area contributed by atoms with Crippen LogP contribution in [0, 0.1) is 0 Å². The van der Waals surface area contributed by atoms with E-state index in [9.17, 15) is 14.4 Å².